The molecule has 0 amide bonds. The molecule has 0 bridgehead atoms. The van der Waals surface area contributed by atoms with Crippen LogP contribution < -0.4 is 10.5 Å². The molecule has 2 aromatic rings. The number of rotatable bonds is 0. The molecule has 1 atom stereocenters. The number of halogens is 2. The molecule has 1 spiro atoms. The molecular weight excluding hydrogens is 475 g/mol. The number of aliphatic imine (C=N–C) groups is 1. The molecule has 22 heavy (non-hydrogen) atoms. The summed E-state index contributed by atoms with van der Waals surface area (Å²) in [6.45, 7) is 0. The summed E-state index contributed by atoms with van der Waals surface area (Å²) in [4.78, 5) is 4.89. The fraction of sp³-hybridized carbons (Fsp3) is 0.188. The summed E-state index contributed by atoms with van der Waals surface area (Å²) in [7, 11) is 0. The van der Waals surface area contributed by atoms with Crippen molar-refractivity contribution in [2.24, 2.45) is 10.7 Å². The van der Waals surface area contributed by atoms with Gasteiger partial charge in [-0.2, -0.15) is 0 Å². The third kappa shape index (κ3) is 2.27. The molecule has 4 rings (SSSR count). The SMILES string of the molecule is NC1=N[C@@]2(CCS1)c1cc(Br)ccc1Oc1ccc(I)cc12. The minimum atomic E-state index is -0.441. The van der Waals surface area contributed by atoms with Crippen molar-refractivity contribution in [3.8, 4) is 11.5 Å². The molecule has 2 N–H and O–H groups in total. The second-order valence-electron chi connectivity index (χ2n) is 5.29. The number of benzene rings is 2. The number of ether oxygens (including phenoxy) is 1. The van der Waals surface area contributed by atoms with E-state index in [2.05, 4.69) is 56.7 Å². The predicted octanol–water partition coefficient (Wildman–Crippen LogP) is 4.85. The summed E-state index contributed by atoms with van der Waals surface area (Å²) < 4.78 is 8.30. The maximum absolute atomic E-state index is 6.11. The van der Waals surface area contributed by atoms with E-state index in [0.29, 0.717) is 5.17 Å². The lowest BCUT2D eigenvalue weighted by molar-refractivity contribution is 0.391. The normalized spacial score (nSPS) is 22.5. The van der Waals surface area contributed by atoms with Crippen LogP contribution in [-0.4, -0.2) is 10.9 Å². The Balaban J connectivity index is 2.05. The van der Waals surface area contributed by atoms with E-state index in [1.54, 1.807) is 11.8 Å². The van der Waals surface area contributed by atoms with Crippen LogP contribution in [-0.2, 0) is 5.54 Å². The van der Waals surface area contributed by atoms with E-state index < -0.39 is 5.54 Å². The van der Waals surface area contributed by atoms with Crippen molar-refractivity contribution in [2.75, 3.05) is 5.75 Å². The molecule has 0 unspecified atom stereocenters. The Hall–Kier alpha value is -0.730. The van der Waals surface area contributed by atoms with E-state index in [9.17, 15) is 0 Å². The quantitative estimate of drug-likeness (QED) is 0.541. The molecule has 0 fully saturated rings. The van der Waals surface area contributed by atoms with Gasteiger partial charge in [-0.15, -0.1) is 0 Å². The van der Waals surface area contributed by atoms with Gasteiger partial charge < -0.3 is 10.5 Å². The van der Waals surface area contributed by atoms with Gasteiger partial charge in [-0.25, -0.2) is 4.99 Å². The molecule has 0 aliphatic carbocycles. The second kappa shape index (κ2) is 5.42. The van der Waals surface area contributed by atoms with Crippen LogP contribution in [0, 0.1) is 3.57 Å². The van der Waals surface area contributed by atoms with Gasteiger partial charge in [-0.05, 0) is 65.4 Å². The minimum Gasteiger partial charge on any atom is -0.457 e. The van der Waals surface area contributed by atoms with Crippen LogP contribution in [0.3, 0.4) is 0 Å². The number of fused-ring (bicyclic) bond motifs is 4. The lowest BCUT2D eigenvalue weighted by atomic mass is 9.78. The van der Waals surface area contributed by atoms with Crippen molar-refractivity contribution in [1.29, 1.82) is 0 Å². The summed E-state index contributed by atoms with van der Waals surface area (Å²) in [5, 5.41) is 0.642. The lowest BCUT2D eigenvalue weighted by Gasteiger charge is -2.39. The Morgan fingerprint density at radius 3 is 2.68 bits per heavy atom. The van der Waals surface area contributed by atoms with Crippen LogP contribution in [0.1, 0.15) is 17.5 Å². The average Bonchev–Trinajstić information content (AvgIpc) is 2.49. The maximum atomic E-state index is 6.11. The summed E-state index contributed by atoms with van der Waals surface area (Å²) >= 11 is 7.51. The van der Waals surface area contributed by atoms with Gasteiger partial charge >= 0.3 is 0 Å². The number of nitrogens with two attached hydrogens (primary N) is 1. The highest BCUT2D eigenvalue weighted by atomic mass is 127. The van der Waals surface area contributed by atoms with Crippen LogP contribution in [0.4, 0.5) is 0 Å². The van der Waals surface area contributed by atoms with Crippen LogP contribution in [0.15, 0.2) is 45.9 Å². The molecular formula is C16H12BrIN2OS. The van der Waals surface area contributed by atoms with Crippen molar-refractivity contribution in [1.82, 2.24) is 0 Å². The monoisotopic (exact) mass is 486 g/mol. The van der Waals surface area contributed by atoms with E-state index in [1.807, 2.05) is 18.2 Å². The zero-order valence-corrected chi connectivity index (χ0v) is 16.0. The fourth-order valence-corrected chi connectivity index (χ4v) is 4.74. The zero-order valence-electron chi connectivity index (χ0n) is 11.5. The lowest BCUT2D eigenvalue weighted by Crippen LogP contribution is -2.35. The van der Waals surface area contributed by atoms with E-state index >= 15 is 0 Å². The largest absolute Gasteiger partial charge is 0.457 e. The van der Waals surface area contributed by atoms with E-state index in [-0.39, 0.29) is 0 Å². The first-order valence-corrected chi connectivity index (χ1v) is 9.70. The first-order chi connectivity index (χ1) is 10.6. The minimum absolute atomic E-state index is 0.441. The van der Waals surface area contributed by atoms with Crippen LogP contribution >= 0.6 is 50.3 Å². The summed E-state index contributed by atoms with van der Waals surface area (Å²) in [6.07, 6.45) is 0.915. The molecule has 6 heteroatoms. The summed E-state index contributed by atoms with van der Waals surface area (Å²) in [5.74, 6) is 2.69. The van der Waals surface area contributed by atoms with E-state index in [1.165, 1.54) is 3.57 Å². The van der Waals surface area contributed by atoms with E-state index in [0.717, 1.165) is 39.3 Å². The Kier molecular flexibility index (Phi) is 3.65. The molecule has 2 heterocycles. The standard InChI is InChI=1S/C16H12BrIN2OS/c17-9-1-3-13-11(7-9)16(5-6-22-15(19)20-16)12-8-10(18)2-4-14(12)21-13/h1-4,7-8H,5-6H2,(H2,19,20)/t16-/m0/s1. The maximum Gasteiger partial charge on any atom is 0.155 e. The number of amidine groups is 1. The third-order valence-corrected chi connectivity index (χ3v) is 5.97. The molecule has 0 aromatic heterocycles. The van der Waals surface area contributed by atoms with Gasteiger partial charge in [-0.3, -0.25) is 0 Å². The summed E-state index contributed by atoms with van der Waals surface area (Å²) in [5.41, 5.74) is 7.84. The Morgan fingerprint density at radius 2 is 1.91 bits per heavy atom. The zero-order chi connectivity index (χ0) is 15.3. The highest BCUT2D eigenvalue weighted by Crippen LogP contribution is 2.53. The van der Waals surface area contributed by atoms with Crippen molar-refractivity contribution in [2.45, 2.75) is 12.0 Å². The number of thioether (sulfide) groups is 1. The van der Waals surface area contributed by atoms with Crippen molar-refractivity contribution < 1.29 is 4.74 Å². The molecule has 2 aliphatic heterocycles. The van der Waals surface area contributed by atoms with Crippen molar-refractivity contribution in [3.63, 3.8) is 0 Å². The van der Waals surface area contributed by atoms with Gasteiger partial charge in [0, 0.05) is 24.9 Å². The van der Waals surface area contributed by atoms with Gasteiger partial charge in [0.25, 0.3) is 0 Å². The molecule has 3 nitrogen and oxygen atoms in total. The van der Waals surface area contributed by atoms with Gasteiger partial charge in [0.05, 0.1) is 0 Å². The van der Waals surface area contributed by atoms with Crippen molar-refractivity contribution >= 4 is 55.5 Å². The fourth-order valence-electron chi connectivity index (χ4n) is 3.06. The second-order valence-corrected chi connectivity index (χ2v) is 8.57. The van der Waals surface area contributed by atoms with Gasteiger partial charge in [0.15, 0.2) is 5.17 Å². The van der Waals surface area contributed by atoms with Crippen molar-refractivity contribution in [3.05, 3.63) is 55.6 Å². The first-order valence-electron chi connectivity index (χ1n) is 6.84. The Labute approximate surface area is 155 Å². The van der Waals surface area contributed by atoms with Crippen LogP contribution in [0.2, 0.25) is 0 Å². The van der Waals surface area contributed by atoms with Crippen LogP contribution in [0.25, 0.3) is 0 Å². The first kappa shape index (κ1) is 14.8. The van der Waals surface area contributed by atoms with Gasteiger partial charge in [0.2, 0.25) is 0 Å². The molecule has 2 aliphatic rings. The van der Waals surface area contributed by atoms with E-state index in [4.69, 9.17) is 15.5 Å². The molecule has 0 saturated heterocycles. The predicted molar refractivity (Wildman–Crippen MR) is 103 cm³/mol. The highest BCUT2D eigenvalue weighted by Gasteiger charge is 2.44. The third-order valence-electron chi connectivity index (χ3n) is 4.01. The number of hydrogen-bond acceptors (Lipinski definition) is 4. The average molecular weight is 487 g/mol. The number of hydrogen-bond donors (Lipinski definition) is 1. The number of nitrogens with zero attached hydrogens (tertiary/aromatic N) is 1. The molecule has 112 valence electrons. The topological polar surface area (TPSA) is 47.6 Å². The Bertz CT molecular complexity index is 757. The summed E-state index contributed by atoms with van der Waals surface area (Å²) in [6, 6.07) is 12.3. The molecule has 0 saturated carbocycles. The molecule has 0 radical (unpaired) electrons. The molecule has 2 aromatic carbocycles. The van der Waals surface area contributed by atoms with Gasteiger partial charge in [-0.1, -0.05) is 27.7 Å². The Morgan fingerprint density at radius 1 is 1.18 bits per heavy atom. The highest BCUT2D eigenvalue weighted by molar-refractivity contribution is 14.1. The van der Waals surface area contributed by atoms with Crippen LogP contribution in [0.5, 0.6) is 11.5 Å². The van der Waals surface area contributed by atoms with Gasteiger partial charge in [0.1, 0.15) is 17.0 Å². The smallest absolute Gasteiger partial charge is 0.155 e.